The third-order valence-corrected chi connectivity index (χ3v) is 6.30. The van der Waals surface area contributed by atoms with Crippen molar-refractivity contribution in [2.24, 2.45) is 0 Å². The first-order valence-corrected chi connectivity index (χ1v) is 12.7. The van der Waals surface area contributed by atoms with Crippen LogP contribution < -0.4 is 19.6 Å². The fourth-order valence-corrected chi connectivity index (χ4v) is 4.10. The zero-order valence-corrected chi connectivity index (χ0v) is 23.2. The van der Waals surface area contributed by atoms with Crippen LogP contribution in [0, 0.1) is 0 Å². The minimum atomic E-state index is -5.05. The lowest BCUT2D eigenvalue weighted by Gasteiger charge is -2.19. The monoisotopic (exact) mass is 594 g/mol. The molecular formula is C29H23Cl2F3O6. The fraction of sp³-hybridized carbons (Fsp3) is 0.241. The van der Waals surface area contributed by atoms with Gasteiger partial charge in [-0.05, 0) is 60.4 Å². The SMILES string of the molecule is CC(Oc1ccc(Cl)cc1Cl)C(=O)Oc1ccc2c(=O)c(Oc3ccc(C(C)(C)C)cc3)c(C(F)(F)F)oc2c1. The minimum Gasteiger partial charge on any atom is -0.477 e. The van der Waals surface area contributed by atoms with E-state index < -0.39 is 40.8 Å². The maximum atomic E-state index is 13.9. The molecule has 0 aliphatic heterocycles. The molecule has 3 aromatic carbocycles. The lowest BCUT2D eigenvalue weighted by Crippen LogP contribution is -2.28. The molecule has 6 nitrogen and oxygen atoms in total. The van der Waals surface area contributed by atoms with Gasteiger partial charge in [-0.25, -0.2) is 4.79 Å². The first-order valence-electron chi connectivity index (χ1n) is 11.9. The van der Waals surface area contributed by atoms with Gasteiger partial charge in [0.1, 0.15) is 22.8 Å². The van der Waals surface area contributed by atoms with Crippen molar-refractivity contribution in [2.45, 2.75) is 45.4 Å². The number of ether oxygens (including phenoxy) is 3. The maximum absolute atomic E-state index is 13.9. The molecule has 0 saturated carbocycles. The first-order chi connectivity index (χ1) is 18.6. The van der Waals surface area contributed by atoms with Gasteiger partial charge < -0.3 is 18.6 Å². The molecule has 4 aromatic rings. The smallest absolute Gasteiger partial charge is 0.453 e. The predicted octanol–water partition coefficient (Wildman–Crippen LogP) is 8.58. The lowest BCUT2D eigenvalue weighted by atomic mass is 9.87. The fourth-order valence-electron chi connectivity index (χ4n) is 3.65. The Kier molecular flexibility index (Phi) is 8.10. The summed E-state index contributed by atoms with van der Waals surface area (Å²) in [6.45, 7) is 7.35. The summed E-state index contributed by atoms with van der Waals surface area (Å²) in [5, 5.41) is 0.337. The molecule has 210 valence electrons. The van der Waals surface area contributed by atoms with Crippen LogP contribution in [-0.4, -0.2) is 12.1 Å². The van der Waals surface area contributed by atoms with Crippen LogP contribution in [0.15, 0.2) is 69.9 Å². The summed E-state index contributed by atoms with van der Waals surface area (Å²) in [5.74, 6) is -3.46. The number of esters is 1. The van der Waals surface area contributed by atoms with Gasteiger partial charge in [0, 0.05) is 11.1 Å². The summed E-state index contributed by atoms with van der Waals surface area (Å²) >= 11 is 11.9. The minimum absolute atomic E-state index is 0.0329. The Bertz CT molecular complexity index is 1620. The number of alkyl halides is 3. The zero-order chi connectivity index (χ0) is 29.4. The Labute approximate surface area is 237 Å². The van der Waals surface area contributed by atoms with E-state index in [-0.39, 0.29) is 33.1 Å². The Morgan fingerprint density at radius 3 is 2.17 bits per heavy atom. The number of hydrogen-bond donors (Lipinski definition) is 0. The number of benzene rings is 3. The van der Waals surface area contributed by atoms with Crippen molar-refractivity contribution in [2.75, 3.05) is 0 Å². The quantitative estimate of drug-likeness (QED) is 0.164. The third-order valence-electron chi connectivity index (χ3n) is 5.77. The molecule has 0 N–H and O–H groups in total. The second kappa shape index (κ2) is 11.1. The van der Waals surface area contributed by atoms with Gasteiger partial charge in [-0.3, -0.25) is 4.79 Å². The lowest BCUT2D eigenvalue weighted by molar-refractivity contribution is -0.154. The summed E-state index contributed by atoms with van der Waals surface area (Å²) < 4.78 is 63.0. The predicted molar refractivity (Wildman–Crippen MR) is 145 cm³/mol. The summed E-state index contributed by atoms with van der Waals surface area (Å²) in [4.78, 5) is 25.7. The van der Waals surface area contributed by atoms with Crippen LogP contribution in [0.4, 0.5) is 13.2 Å². The average Bonchev–Trinajstić information content (AvgIpc) is 2.86. The van der Waals surface area contributed by atoms with E-state index in [2.05, 4.69) is 0 Å². The van der Waals surface area contributed by atoms with Crippen LogP contribution in [0.5, 0.6) is 23.0 Å². The summed E-state index contributed by atoms with van der Waals surface area (Å²) in [6, 6.07) is 14.2. The van der Waals surface area contributed by atoms with Gasteiger partial charge in [0.15, 0.2) is 6.10 Å². The number of hydrogen-bond acceptors (Lipinski definition) is 6. The van der Waals surface area contributed by atoms with Crippen molar-refractivity contribution in [3.8, 4) is 23.0 Å². The highest BCUT2D eigenvalue weighted by atomic mass is 35.5. The Morgan fingerprint density at radius 2 is 1.57 bits per heavy atom. The van der Waals surface area contributed by atoms with E-state index >= 15 is 0 Å². The van der Waals surface area contributed by atoms with Crippen molar-refractivity contribution in [3.05, 3.63) is 92.3 Å². The second-order valence-electron chi connectivity index (χ2n) is 9.88. The van der Waals surface area contributed by atoms with Gasteiger partial charge in [-0.1, -0.05) is 56.1 Å². The van der Waals surface area contributed by atoms with E-state index in [0.29, 0.717) is 5.02 Å². The molecule has 1 unspecified atom stereocenters. The van der Waals surface area contributed by atoms with Crippen LogP contribution in [0.2, 0.25) is 10.0 Å². The number of fused-ring (bicyclic) bond motifs is 1. The molecule has 0 aliphatic carbocycles. The molecule has 1 atom stereocenters. The normalized spacial score (nSPS) is 12.7. The second-order valence-corrected chi connectivity index (χ2v) is 10.7. The standard InChI is InChI=1S/C29H23Cl2F3O6/c1-15(37-22-12-7-17(30)13-21(22)31)27(36)39-19-10-11-20-23(14-19)40-26(29(32,33)34)25(24(20)35)38-18-8-5-16(6-9-18)28(2,3)4/h5-15H,1-4H3. The molecular weight excluding hydrogens is 572 g/mol. The molecule has 40 heavy (non-hydrogen) atoms. The summed E-state index contributed by atoms with van der Waals surface area (Å²) in [5.41, 5.74) is -0.752. The molecule has 0 fully saturated rings. The van der Waals surface area contributed by atoms with Crippen molar-refractivity contribution in [3.63, 3.8) is 0 Å². The van der Waals surface area contributed by atoms with Gasteiger partial charge in [0.2, 0.25) is 11.2 Å². The molecule has 1 heterocycles. The third kappa shape index (κ3) is 6.54. The topological polar surface area (TPSA) is 75.0 Å². The van der Waals surface area contributed by atoms with Crippen LogP contribution >= 0.6 is 23.2 Å². The van der Waals surface area contributed by atoms with E-state index in [1.54, 1.807) is 12.1 Å². The van der Waals surface area contributed by atoms with E-state index in [0.717, 1.165) is 11.6 Å². The number of halogens is 5. The van der Waals surface area contributed by atoms with E-state index in [9.17, 15) is 22.8 Å². The van der Waals surface area contributed by atoms with Crippen LogP contribution in [-0.2, 0) is 16.4 Å². The van der Waals surface area contributed by atoms with Crippen molar-refractivity contribution < 1.29 is 36.6 Å². The average molecular weight is 595 g/mol. The highest BCUT2D eigenvalue weighted by Crippen LogP contribution is 2.39. The molecule has 0 bridgehead atoms. The Balaban J connectivity index is 1.62. The summed E-state index contributed by atoms with van der Waals surface area (Å²) in [7, 11) is 0. The number of rotatable bonds is 6. The van der Waals surface area contributed by atoms with Crippen molar-refractivity contribution in [1.29, 1.82) is 0 Å². The zero-order valence-electron chi connectivity index (χ0n) is 21.7. The van der Waals surface area contributed by atoms with Gasteiger partial charge in [0.05, 0.1) is 10.4 Å². The molecule has 0 saturated heterocycles. The van der Waals surface area contributed by atoms with Gasteiger partial charge in [-0.15, -0.1) is 0 Å². The van der Waals surface area contributed by atoms with Crippen molar-refractivity contribution in [1.82, 2.24) is 0 Å². The van der Waals surface area contributed by atoms with Crippen LogP contribution in [0.25, 0.3) is 11.0 Å². The molecule has 4 rings (SSSR count). The highest BCUT2D eigenvalue weighted by Gasteiger charge is 2.40. The maximum Gasteiger partial charge on any atom is 0.453 e. The Morgan fingerprint density at radius 1 is 0.925 bits per heavy atom. The largest absolute Gasteiger partial charge is 0.477 e. The molecule has 11 heteroatoms. The van der Waals surface area contributed by atoms with Crippen LogP contribution in [0.1, 0.15) is 39.0 Å². The van der Waals surface area contributed by atoms with E-state index in [1.165, 1.54) is 49.4 Å². The number of carbonyl (C=O) groups excluding carboxylic acids is 1. The highest BCUT2D eigenvalue weighted by molar-refractivity contribution is 6.35. The number of carbonyl (C=O) groups is 1. The molecule has 0 amide bonds. The van der Waals surface area contributed by atoms with Gasteiger partial charge in [-0.2, -0.15) is 13.2 Å². The summed E-state index contributed by atoms with van der Waals surface area (Å²) in [6.07, 6.45) is -6.20. The van der Waals surface area contributed by atoms with Gasteiger partial charge >= 0.3 is 12.1 Å². The van der Waals surface area contributed by atoms with Gasteiger partial charge in [0.25, 0.3) is 5.76 Å². The molecule has 0 radical (unpaired) electrons. The Hall–Kier alpha value is -3.69. The van der Waals surface area contributed by atoms with Crippen molar-refractivity contribution >= 4 is 40.1 Å². The first kappa shape index (κ1) is 29.3. The van der Waals surface area contributed by atoms with E-state index in [1.807, 2.05) is 20.8 Å². The molecule has 1 aromatic heterocycles. The van der Waals surface area contributed by atoms with E-state index in [4.69, 9.17) is 41.8 Å². The molecule has 0 spiro atoms. The molecule has 0 aliphatic rings. The van der Waals surface area contributed by atoms with Crippen LogP contribution in [0.3, 0.4) is 0 Å².